The van der Waals surface area contributed by atoms with Gasteiger partial charge < -0.3 is 10.2 Å². The maximum absolute atomic E-state index is 12.1. The lowest BCUT2D eigenvalue weighted by Crippen LogP contribution is -3.08. The lowest BCUT2D eigenvalue weighted by Gasteiger charge is -2.18. The SMILES string of the molecule is C[C@@H](NC(=O)C[NH+](C)Cc1ccsc1)c1ccc(Cl)cc1Cl. The Morgan fingerprint density at radius 3 is 2.77 bits per heavy atom. The van der Waals surface area contributed by atoms with Crippen LogP contribution in [0.1, 0.15) is 24.1 Å². The van der Waals surface area contributed by atoms with Gasteiger partial charge in [-0.15, -0.1) is 0 Å². The molecule has 1 amide bonds. The summed E-state index contributed by atoms with van der Waals surface area (Å²) in [4.78, 5) is 13.3. The molecule has 2 atom stereocenters. The summed E-state index contributed by atoms with van der Waals surface area (Å²) in [6.45, 7) is 3.18. The number of nitrogens with one attached hydrogen (secondary N) is 2. The molecular formula is C16H19Cl2N2OS+. The minimum Gasteiger partial charge on any atom is -0.345 e. The summed E-state index contributed by atoms with van der Waals surface area (Å²) < 4.78 is 0. The Kier molecular flexibility index (Phi) is 6.26. The fourth-order valence-corrected chi connectivity index (χ4v) is 3.54. The maximum Gasteiger partial charge on any atom is 0.275 e. The Morgan fingerprint density at radius 2 is 2.14 bits per heavy atom. The molecule has 0 saturated carbocycles. The Hall–Kier alpha value is -1.07. The van der Waals surface area contributed by atoms with Crippen LogP contribution in [-0.2, 0) is 11.3 Å². The van der Waals surface area contributed by atoms with Crippen molar-refractivity contribution in [2.75, 3.05) is 13.6 Å². The molecule has 6 heteroatoms. The van der Waals surface area contributed by atoms with Gasteiger partial charge in [-0.3, -0.25) is 4.79 Å². The molecule has 1 aromatic carbocycles. The molecular weight excluding hydrogens is 339 g/mol. The van der Waals surface area contributed by atoms with Crippen LogP contribution in [0.3, 0.4) is 0 Å². The minimum atomic E-state index is -0.147. The molecule has 0 aliphatic rings. The molecule has 1 heterocycles. The highest BCUT2D eigenvalue weighted by atomic mass is 35.5. The van der Waals surface area contributed by atoms with Crippen LogP contribution in [0.15, 0.2) is 35.0 Å². The summed E-state index contributed by atoms with van der Waals surface area (Å²) in [5, 5.41) is 8.30. The first-order valence-electron chi connectivity index (χ1n) is 7.02. The van der Waals surface area contributed by atoms with Gasteiger partial charge in [-0.1, -0.05) is 29.3 Å². The van der Waals surface area contributed by atoms with E-state index in [1.54, 1.807) is 23.5 Å². The van der Waals surface area contributed by atoms with Crippen LogP contribution in [-0.4, -0.2) is 19.5 Å². The fourth-order valence-electron chi connectivity index (χ4n) is 2.30. The van der Waals surface area contributed by atoms with Gasteiger partial charge in [0.25, 0.3) is 5.91 Å². The van der Waals surface area contributed by atoms with Crippen molar-refractivity contribution in [3.8, 4) is 0 Å². The number of hydrogen-bond donors (Lipinski definition) is 2. The second kappa shape index (κ2) is 7.97. The van der Waals surface area contributed by atoms with Crippen molar-refractivity contribution >= 4 is 40.4 Å². The minimum absolute atomic E-state index is 0.00578. The fraction of sp³-hybridized carbons (Fsp3) is 0.312. The van der Waals surface area contributed by atoms with E-state index in [1.165, 1.54) is 5.56 Å². The first-order valence-corrected chi connectivity index (χ1v) is 8.72. The van der Waals surface area contributed by atoms with Crippen molar-refractivity contribution < 1.29 is 9.69 Å². The molecule has 0 aliphatic carbocycles. The third kappa shape index (κ3) is 4.99. The van der Waals surface area contributed by atoms with E-state index in [0.29, 0.717) is 16.6 Å². The third-order valence-corrected chi connectivity index (χ3v) is 4.65. The molecule has 0 radical (unpaired) electrons. The number of benzene rings is 1. The van der Waals surface area contributed by atoms with Crippen LogP contribution < -0.4 is 10.2 Å². The van der Waals surface area contributed by atoms with Gasteiger partial charge in [-0.25, -0.2) is 0 Å². The van der Waals surface area contributed by atoms with Crippen molar-refractivity contribution in [3.63, 3.8) is 0 Å². The van der Waals surface area contributed by atoms with E-state index in [9.17, 15) is 4.79 Å². The van der Waals surface area contributed by atoms with Gasteiger partial charge in [0, 0.05) is 15.6 Å². The van der Waals surface area contributed by atoms with Crippen molar-refractivity contribution in [2.24, 2.45) is 0 Å². The summed E-state index contributed by atoms with van der Waals surface area (Å²) >= 11 is 13.7. The number of rotatable bonds is 6. The van der Waals surface area contributed by atoms with Crippen LogP contribution in [0.2, 0.25) is 10.0 Å². The van der Waals surface area contributed by atoms with Crippen LogP contribution in [0.5, 0.6) is 0 Å². The summed E-state index contributed by atoms with van der Waals surface area (Å²) in [5.41, 5.74) is 2.12. The lowest BCUT2D eigenvalue weighted by molar-refractivity contribution is -0.885. The van der Waals surface area contributed by atoms with Gasteiger partial charge in [0.05, 0.1) is 13.1 Å². The van der Waals surface area contributed by atoms with Gasteiger partial charge in [-0.2, -0.15) is 11.3 Å². The largest absolute Gasteiger partial charge is 0.345 e. The smallest absolute Gasteiger partial charge is 0.275 e. The summed E-state index contributed by atoms with van der Waals surface area (Å²) in [5.74, 6) is 0.00578. The van der Waals surface area contributed by atoms with Crippen molar-refractivity contribution in [1.82, 2.24) is 5.32 Å². The van der Waals surface area contributed by atoms with Crippen molar-refractivity contribution in [3.05, 3.63) is 56.2 Å². The zero-order chi connectivity index (χ0) is 16.1. The number of amides is 1. The topological polar surface area (TPSA) is 33.5 Å². The maximum atomic E-state index is 12.1. The zero-order valence-corrected chi connectivity index (χ0v) is 14.9. The van der Waals surface area contributed by atoms with Gasteiger partial charge in [-0.05, 0) is 41.4 Å². The van der Waals surface area contributed by atoms with E-state index in [0.717, 1.165) is 17.0 Å². The molecule has 1 aromatic heterocycles. The number of thiophene rings is 1. The Morgan fingerprint density at radius 1 is 1.36 bits per heavy atom. The summed E-state index contributed by atoms with van der Waals surface area (Å²) in [6, 6.07) is 7.25. The van der Waals surface area contributed by atoms with Gasteiger partial charge in [0.15, 0.2) is 6.54 Å². The average Bonchev–Trinajstić information content (AvgIpc) is 2.90. The molecule has 2 rings (SSSR count). The highest BCUT2D eigenvalue weighted by Crippen LogP contribution is 2.25. The first-order chi connectivity index (χ1) is 10.5. The Balaban J connectivity index is 1.88. The molecule has 0 spiro atoms. The summed E-state index contributed by atoms with van der Waals surface area (Å²) in [6.07, 6.45) is 0. The molecule has 2 N–H and O–H groups in total. The van der Waals surface area contributed by atoms with Crippen LogP contribution in [0.4, 0.5) is 0 Å². The number of halogens is 2. The van der Waals surface area contributed by atoms with E-state index < -0.39 is 0 Å². The van der Waals surface area contributed by atoms with E-state index >= 15 is 0 Å². The molecule has 0 saturated heterocycles. The Bertz CT molecular complexity index is 631. The second-order valence-electron chi connectivity index (χ2n) is 5.40. The van der Waals surface area contributed by atoms with E-state index in [4.69, 9.17) is 23.2 Å². The number of carbonyl (C=O) groups excluding carboxylic acids is 1. The molecule has 2 aromatic rings. The van der Waals surface area contributed by atoms with Crippen LogP contribution in [0, 0.1) is 0 Å². The predicted octanol–water partition coefficient (Wildman–Crippen LogP) is 2.95. The standard InChI is InChI=1S/C16H18Cl2N2OS/c1-11(14-4-3-13(17)7-15(14)18)19-16(21)9-20(2)8-12-5-6-22-10-12/h3-7,10-11H,8-9H2,1-2H3,(H,19,21)/p+1/t11-/m1/s1. The molecule has 0 fully saturated rings. The van der Waals surface area contributed by atoms with Crippen LogP contribution in [0.25, 0.3) is 0 Å². The van der Waals surface area contributed by atoms with Crippen molar-refractivity contribution in [2.45, 2.75) is 19.5 Å². The quantitative estimate of drug-likeness (QED) is 0.818. The zero-order valence-electron chi connectivity index (χ0n) is 12.5. The van der Waals surface area contributed by atoms with Crippen LogP contribution >= 0.6 is 34.5 Å². The molecule has 22 heavy (non-hydrogen) atoms. The molecule has 0 aliphatic heterocycles. The average molecular weight is 358 g/mol. The molecule has 1 unspecified atom stereocenters. The molecule has 0 bridgehead atoms. The number of quaternary nitrogens is 1. The third-order valence-electron chi connectivity index (χ3n) is 3.35. The summed E-state index contributed by atoms with van der Waals surface area (Å²) in [7, 11) is 2.01. The van der Waals surface area contributed by atoms with E-state index in [2.05, 4.69) is 16.8 Å². The highest BCUT2D eigenvalue weighted by molar-refractivity contribution is 7.07. The number of likely N-dealkylation sites (N-methyl/N-ethyl adjacent to an activating group) is 1. The van der Waals surface area contributed by atoms with Gasteiger partial charge in [0.1, 0.15) is 6.54 Å². The predicted molar refractivity (Wildman–Crippen MR) is 92.8 cm³/mol. The second-order valence-corrected chi connectivity index (χ2v) is 7.02. The normalized spacial score (nSPS) is 13.6. The number of hydrogen-bond acceptors (Lipinski definition) is 2. The monoisotopic (exact) mass is 357 g/mol. The van der Waals surface area contributed by atoms with Gasteiger partial charge >= 0.3 is 0 Å². The van der Waals surface area contributed by atoms with E-state index in [1.807, 2.05) is 25.4 Å². The molecule has 3 nitrogen and oxygen atoms in total. The highest BCUT2D eigenvalue weighted by Gasteiger charge is 2.16. The van der Waals surface area contributed by atoms with E-state index in [-0.39, 0.29) is 11.9 Å². The first kappa shape index (κ1) is 17.3. The molecule has 118 valence electrons. The van der Waals surface area contributed by atoms with Crippen molar-refractivity contribution in [1.29, 1.82) is 0 Å². The number of carbonyl (C=O) groups is 1. The van der Waals surface area contributed by atoms with Gasteiger partial charge in [0.2, 0.25) is 0 Å². The Labute approximate surface area is 144 Å². The lowest BCUT2D eigenvalue weighted by atomic mass is 10.1.